The van der Waals surface area contributed by atoms with Gasteiger partial charge in [-0.1, -0.05) is 18.2 Å². The van der Waals surface area contributed by atoms with Crippen molar-refractivity contribution < 1.29 is 13.6 Å². The van der Waals surface area contributed by atoms with Gasteiger partial charge < -0.3 is 4.90 Å². The number of halogens is 2. The Morgan fingerprint density at radius 1 is 1.14 bits per heavy atom. The van der Waals surface area contributed by atoms with Crippen molar-refractivity contribution in [3.63, 3.8) is 0 Å². The van der Waals surface area contributed by atoms with Crippen molar-refractivity contribution >= 4 is 11.6 Å². The molecule has 6 heteroatoms. The molecule has 1 amide bonds. The predicted molar refractivity (Wildman–Crippen MR) is 104 cm³/mol. The first kappa shape index (κ1) is 18.3. The molecule has 0 saturated heterocycles. The van der Waals surface area contributed by atoms with E-state index in [1.807, 2.05) is 35.9 Å². The van der Waals surface area contributed by atoms with Crippen LogP contribution in [0.2, 0.25) is 0 Å². The highest BCUT2D eigenvalue weighted by Gasteiger charge is 2.30. The first-order valence-electron chi connectivity index (χ1n) is 9.45. The quantitative estimate of drug-likeness (QED) is 0.662. The van der Waals surface area contributed by atoms with Crippen LogP contribution in [-0.2, 0) is 12.8 Å². The smallest absolute Gasteiger partial charge is 0.279 e. The van der Waals surface area contributed by atoms with E-state index in [2.05, 4.69) is 5.10 Å². The Morgan fingerprint density at radius 3 is 2.64 bits per heavy atom. The summed E-state index contributed by atoms with van der Waals surface area (Å²) < 4.78 is 28.9. The molecule has 28 heavy (non-hydrogen) atoms. The summed E-state index contributed by atoms with van der Waals surface area (Å²) in [6, 6.07) is 11.4. The summed E-state index contributed by atoms with van der Waals surface area (Å²) in [6.07, 6.45) is 2.62. The van der Waals surface area contributed by atoms with Crippen LogP contribution < -0.4 is 4.90 Å². The van der Waals surface area contributed by atoms with Crippen LogP contribution in [0.1, 0.15) is 40.7 Å². The van der Waals surface area contributed by atoms with Crippen LogP contribution in [0.15, 0.2) is 42.5 Å². The zero-order valence-electron chi connectivity index (χ0n) is 15.9. The molecule has 0 atom stereocenters. The van der Waals surface area contributed by atoms with Gasteiger partial charge in [-0.25, -0.2) is 13.5 Å². The van der Waals surface area contributed by atoms with E-state index in [0.717, 1.165) is 53.9 Å². The highest BCUT2D eigenvalue weighted by atomic mass is 19.2. The van der Waals surface area contributed by atoms with Crippen molar-refractivity contribution in [1.82, 2.24) is 9.78 Å². The van der Waals surface area contributed by atoms with E-state index in [1.54, 1.807) is 6.92 Å². The maximum Gasteiger partial charge on any atom is 0.279 e. The van der Waals surface area contributed by atoms with Crippen LogP contribution in [0.4, 0.5) is 14.5 Å². The molecule has 0 spiro atoms. The van der Waals surface area contributed by atoms with Gasteiger partial charge in [0, 0.05) is 29.6 Å². The normalized spacial score (nSPS) is 12.9. The van der Waals surface area contributed by atoms with Crippen LogP contribution in [0.3, 0.4) is 0 Å². The molecule has 3 aromatic rings. The van der Waals surface area contributed by atoms with Gasteiger partial charge in [-0.15, -0.1) is 0 Å². The average molecular weight is 381 g/mol. The van der Waals surface area contributed by atoms with Gasteiger partial charge in [0.2, 0.25) is 0 Å². The highest BCUT2D eigenvalue weighted by molar-refractivity contribution is 6.06. The van der Waals surface area contributed by atoms with Gasteiger partial charge in [-0.05, 0) is 56.9 Å². The van der Waals surface area contributed by atoms with Crippen LogP contribution in [-0.4, -0.2) is 22.2 Å². The Kier molecular flexibility index (Phi) is 4.71. The minimum absolute atomic E-state index is 0.293. The monoisotopic (exact) mass is 381 g/mol. The third-order valence-corrected chi connectivity index (χ3v) is 5.25. The number of nitrogens with zero attached hydrogens (tertiary/aromatic N) is 3. The Balaban J connectivity index is 1.78. The highest BCUT2D eigenvalue weighted by Crippen LogP contribution is 2.30. The summed E-state index contributed by atoms with van der Waals surface area (Å²) in [5, 5.41) is 4.65. The molecule has 1 heterocycles. The topological polar surface area (TPSA) is 38.1 Å². The standard InChI is InChI=1S/C22H21F2N3O/c1-3-26(15-11-12-17(23)18(24)13-15)22(28)21-16-8-6-10-20(16)27(25-21)19-9-5-4-7-14(19)2/h4-5,7,9,11-13H,3,6,8,10H2,1-2H3. The second-order valence-corrected chi connectivity index (χ2v) is 6.97. The van der Waals surface area contributed by atoms with E-state index < -0.39 is 11.6 Å². The molecule has 0 saturated carbocycles. The molecule has 1 aromatic heterocycles. The number of hydrogen-bond donors (Lipinski definition) is 0. The molecular formula is C22H21F2N3O. The zero-order chi connectivity index (χ0) is 19.8. The van der Waals surface area contributed by atoms with E-state index >= 15 is 0 Å². The minimum atomic E-state index is -0.973. The fraction of sp³-hybridized carbons (Fsp3) is 0.273. The van der Waals surface area contributed by atoms with Crippen LogP contribution in [0.5, 0.6) is 0 Å². The molecule has 1 aliphatic rings. The molecule has 4 nitrogen and oxygen atoms in total. The number of aromatic nitrogens is 2. The fourth-order valence-corrected chi connectivity index (χ4v) is 3.83. The molecular weight excluding hydrogens is 360 g/mol. The van der Waals surface area contributed by atoms with Crippen molar-refractivity contribution in [1.29, 1.82) is 0 Å². The second-order valence-electron chi connectivity index (χ2n) is 6.97. The molecule has 1 aliphatic carbocycles. The number of carbonyl (C=O) groups excluding carboxylic acids is 1. The second kappa shape index (κ2) is 7.19. The molecule has 0 fully saturated rings. The van der Waals surface area contributed by atoms with E-state index in [1.165, 1.54) is 11.0 Å². The number of anilines is 1. The van der Waals surface area contributed by atoms with Crippen LogP contribution in [0, 0.1) is 18.6 Å². The maximum atomic E-state index is 13.7. The Morgan fingerprint density at radius 2 is 1.93 bits per heavy atom. The van der Waals surface area contributed by atoms with Gasteiger partial charge in [0.1, 0.15) is 0 Å². The predicted octanol–water partition coefficient (Wildman–Crippen LogP) is 4.61. The zero-order valence-corrected chi connectivity index (χ0v) is 15.9. The summed E-state index contributed by atoms with van der Waals surface area (Å²) in [5.74, 6) is -2.20. The third kappa shape index (κ3) is 2.99. The minimum Gasteiger partial charge on any atom is -0.307 e. The molecule has 4 rings (SSSR count). The number of amides is 1. The SMILES string of the molecule is CCN(C(=O)c1nn(-c2ccccc2C)c2c1CCC2)c1ccc(F)c(F)c1. The molecule has 0 radical (unpaired) electrons. The summed E-state index contributed by atoms with van der Waals surface area (Å²) in [4.78, 5) is 14.7. The Bertz CT molecular complexity index is 1060. The first-order valence-corrected chi connectivity index (χ1v) is 9.45. The number of rotatable bonds is 4. The van der Waals surface area contributed by atoms with E-state index in [9.17, 15) is 13.6 Å². The van der Waals surface area contributed by atoms with Crippen molar-refractivity contribution in [2.75, 3.05) is 11.4 Å². The lowest BCUT2D eigenvalue weighted by molar-refractivity contribution is 0.0982. The van der Waals surface area contributed by atoms with Crippen molar-refractivity contribution in [2.45, 2.75) is 33.1 Å². The lowest BCUT2D eigenvalue weighted by Gasteiger charge is -2.20. The Hall–Kier alpha value is -3.02. The maximum absolute atomic E-state index is 13.7. The van der Waals surface area contributed by atoms with Crippen molar-refractivity contribution in [3.05, 3.63) is 76.6 Å². The summed E-state index contributed by atoms with van der Waals surface area (Å²) in [7, 11) is 0. The van der Waals surface area contributed by atoms with Gasteiger partial charge in [0.15, 0.2) is 17.3 Å². The number of benzene rings is 2. The van der Waals surface area contributed by atoms with Gasteiger partial charge in [-0.3, -0.25) is 4.79 Å². The average Bonchev–Trinajstić information content (AvgIpc) is 3.28. The molecule has 0 unspecified atom stereocenters. The van der Waals surface area contributed by atoms with Crippen molar-refractivity contribution in [3.8, 4) is 5.69 Å². The van der Waals surface area contributed by atoms with Crippen LogP contribution >= 0.6 is 0 Å². The number of carbonyl (C=O) groups is 1. The third-order valence-electron chi connectivity index (χ3n) is 5.25. The molecule has 144 valence electrons. The lowest BCUT2D eigenvalue weighted by Crippen LogP contribution is -2.31. The molecule has 0 N–H and O–H groups in total. The first-order chi connectivity index (χ1) is 13.5. The van der Waals surface area contributed by atoms with Crippen molar-refractivity contribution in [2.24, 2.45) is 0 Å². The van der Waals surface area contributed by atoms with Gasteiger partial charge in [-0.2, -0.15) is 5.10 Å². The number of fused-ring (bicyclic) bond motifs is 1. The Labute approximate surface area is 162 Å². The van der Waals surface area contributed by atoms with Gasteiger partial charge in [0.05, 0.1) is 5.69 Å². The van der Waals surface area contributed by atoms with E-state index in [-0.39, 0.29) is 5.91 Å². The molecule has 2 aromatic carbocycles. The van der Waals surface area contributed by atoms with Gasteiger partial charge in [0.25, 0.3) is 5.91 Å². The number of hydrogen-bond acceptors (Lipinski definition) is 2. The van der Waals surface area contributed by atoms with Crippen LogP contribution in [0.25, 0.3) is 5.69 Å². The largest absolute Gasteiger partial charge is 0.307 e. The number of para-hydroxylation sites is 1. The summed E-state index contributed by atoms with van der Waals surface area (Å²) in [5.41, 5.74) is 4.75. The lowest BCUT2D eigenvalue weighted by atomic mass is 10.1. The molecule has 0 aliphatic heterocycles. The fourth-order valence-electron chi connectivity index (χ4n) is 3.83. The number of aryl methyl sites for hydroxylation is 1. The van der Waals surface area contributed by atoms with E-state index in [0.29, 0.717) is 17.9 Å². The van der Waals surface area contributed by atoms with Gasteiger partial charge >= 0.3 is 0 Å². The molecule has 0 bridgehead atoms. The van der Waals surface area contributed by atoms with E-state index in [4.69, 9.17) is 0 Å². The summed E-state index contributed by atoms with van der Waals surface area (Å²) in [6.45, 7) is 4.15. The summed E-state index contributed by atoms with van der Waals surface area (Å²) >= 11 is 0.